The molecule has 1 nitrogen and oxygen atoms in total. The lowest BCUT2D eigenvalue weighted by Crippen LogP contribution is -2.31. The number of nitrogens with zero attached hydrogens (tertiary/aromatic N) is 1. The van der Waals surface area contributed by atoms with Crippen molar-refractivity contribution in [3.63, 3.8) is 0 Å². The second-order valence-corrected chi connectivity index (χ2v) is 6.30. The van der Waals surface area contributed by atoms with Gasteiger partial charge in [-0.2, -0.15) is 0 Å². The largest absolute Gasteiger partial charge is 0.299 e. The van der Waals surface area contributed by atoms with Crippen LogP contribution in [-0.4, -0.2) is 24.5 Å². The van der Waals surface area contributed by atoms with Gasteiger partial charge in [0.05, 0.1) is 0 Å². The summed E-state index contributed by atoms with van der Waals surface area (Å²) in [5.74, 6) is 0. The Balaban J connectivity index is 1.97. The van der Waals surface area contributed by atoms with Crippen molar-refractivity contribution in [1.82, 2.24) is 4.90 Å². The first kappa shape index (κ1) is 15.8. The Bertz CT molecular complexity index is 670. The Labute approximate surface area is 140 Å². The smallest absolute Gasteiger partial charge is 0.0160 e. The first-order chi connectivity index (χ1) is 11.3. The van der Waals surface area contributed by atoms with E-state index in [-0.39, 0.29) is 0 Å². The molecule has 0 aromatic heterocycles. The third-order valence-electron chi connectivity index (χ3n) is 4.60. The number of rotatable bonds is 4. The second-order valence-electron chi connectivity index (χ2n) is 6.30. The van der Waals surface area contributed by atoms with Gasteiger partial charge in [0, 0.05) is 19.6 Å². The van der Waals surface area contributed by atoms with Crippen LogP contribution in [-0.2, 0) is 0 Å². The van der Waals surface area contributed by atoms with Gasteiger partial charge in [-0.3, -0.25) is 4.90 Å². The summed E-state index contributed by atoms with van der Waals surface area (Å²) < 4.78 is 0. The predicted molar refractivity (Wildman–Crippen MR) is 99.5 cm³/mol. The molecule has 23 heavy (non-hydrogen) atoms. The topological polar surface area (TPSA) is 3.24 Å². The maximum Gasteiger partial charge on any atom is 0.0160 e. The second kappa shape index (κ2) is 7.43. The Hall–Kier alpha value is -2.12. The lowest BCUT2D eigenvalue weighted by atomic mass is 9.88. The number of benzene rings is 2. The molecule has 0 spiro atoms. The summed E-state index contributed by atoms with van der Waals surface area (Å²) >= 11 is 0. The van der Waals surface area contributed by atoms with Gasteiger partial charge in [-0.15, -0.1) is 6.58 Å². The van der Waals surface area contributed by atoms with Crippen LogP contribution in [0.3, 0.4) is 0 Å². The molecule has 1 aliphatic rings. The lowest BCUT2D eigenvalue weighted by molar-refractivity contribution is 0.283. The van der Waals surface area contributed by atoms with E-state index in [1.54, 1.807) is 5.57 Å². The summed E-state index contributed by atoms with van der Waals surface area (Å²) in [7, 11) is 0. The molecule has 0 N–H and O–H groups in total. The number of piperidine rings is 1. The molecule has 0 radical (unpaired) electrons. The van der Waals surface area contributed by atoms with Gasteiger partial charge >= 0.3 is 0 Å². The first-order valence-corrected chi connectivity index (χ1v) is 8.45. The molecule has 1 saturated heterocycles. The van der Waals surface area contributed by atoms with E-state index in [0.29, 0.717) is 0 Å². The maximum atomic E-state index is 3.86. The Morgan fingerprint density at radius 1 is 0.957 bits per heavy atom. The van der Waals surface area contributed by atoms with E-state index in [1.807, 2.05) is 6.08 Å². The van der Waals surface area contributed by atoms with Gasteiger partial charge in [0.25, 0.3) is 0 Å². The molecule has 0 atom stereocenters. The van der Waals surface area contributed by atoms with Gasteiger partial charge in [0.15, 0.2) is 0 Å². The van der Waals surface area contributed by atoms with Crippen LogP contribution in [0.2, 0.25) is 0 Å². The van der Waals surface area contributed by atoms with Crippen molar-refractivity contribution < 1.29 is 0 Å². The number of aryl methyl sites for hydroxylation is 1. The summed E-state index contributed by atoms with van der Waals surface area (Å²) in [4.78, 5) is 2.48. The molecule has 118 valence electrons. The Morgan fingerprint density at radius 2 is 1.57 bits per heavy atom. The minimum absolute atomic E-state index is 0.998. The van der Waals surface area contributed by atoms with Crippen LogP contribution in [0.4, 0.5) is 0 Å². The first-order valence-electron chi connectivity index (χ1n) is 8.45. The van der Waals surface area contributed by atoms with Crippen molar-refractivity contribution in [1.29, 1.82) is 0 Å². The quantitative estimate of drug-likeness (QED) is 0.712. The van der Waals surface area contributed by atoms with Crippen LogP contribution in [0.25, 0.3) is 5.57 Å². The predicted octanol–water partition coefficient (Wildman–Crippen LogP) is 5.08. The molecule has 2 aromatic rings. The molecule has 3 rings (SSSR count). The van der Waals surface area contributed by atoms with Crippen molar-refractivity contribution in [2.75, 3.05) is 19.6 Å². The summed E-state index contributed by atoms with van der Waals surface area (Å²) in [5, 5.41) is 0. The monoisotopic (exact) mass is 303 g/mol. The van der Waals surface area contributed by atoms with Gasteiger partial charge < -0.3 is 0 Å². The Morgan fingerprint density at radius 3 is 2.17 bits per heavy atom. The van der Waals surface area contributed by atoms with Gasteiger partial charge in [-0.1, -0.05) is 71.8 Å². The highest BCUT2D eigenvalue weighted by Gasteiger charge is 2.18. The molecule has 0 bridgehead atoms. The minimum Gasteiger partial charge on any atom is -0.299 e. The van der Waals surface area contributed by atoms with E-state index >= 15 is 0 Å². The van der Waals surface area contributed by atoms with Crippen molar-refractivity contribution >= 4 is 5.57 Å². The van der Waals surface area contributed by atoms with E-state index in [4.69, 9.17) is 0 Å². The van der Waals surface area contributed by atoms with Gasteiger partial charge in [0.1, 0.15) is 0 Å². The fourth-order valence-corrected chi connectivity index (χ4v) is 3.34. The van der Waals surface area contributed by atoms with Crippen LogP contribution in [0.5, 0.6) is 0 Å². The molecular formula is C22H25N. The highest BCUT2D eigenvalue weighted by atomic mass is 15.1. The average Bonchev–Trinajstić information content (AvgIpc) is 2.60. The van der Waals surface area contributed by atoms with Crippen LogP contribution in [0, 0.1) is 6.92 Å². The van der Waals surface area contributed by atoms with Crippen LogP contribution in [0.1, 0.15) is 29.5 Å². The molecule has 1 aliphatic heterocycles. The SMILES string of the molecule is C=CCN1CCC(=C(c2ccccc2)c2ccc(C)cc2)CC1. The van der Waals surface area contributed by atoms with Crippen molar-refractivity contribution in [2.24, 2.45) is 0 Å². The van der Waals surface area contributed by atoms with Gasteiger partial charge in [0.2, 0.25) is 0 Å². The summed E-state index contributed by atoms with van der Waals surface area (Å²) in [5.41, 5.74) is 7.01. The van der Waals surface area contributed by atoms with Crippen LogP contribution < -0.4 is 0 Å². The van der Waals surface area contributed by atoms with E-state index in [9.17, 15) is 0 Å². The summed E-state index contributed by atoms with van der Waals surface area (Å²) in [6.07, 6.45) is 4.30. The summed E-state index contributed by atoms with van der Waals surface area (Å²) in [6.45, 7) is 9.26. The molecular weight excluding hydrogens is 278 g/mol. The molecule has 1 heteroatoms. The van der Waals surface area contributed by atoms with Crippen molar-refractivity contribution in [3.8, 4) is 0 Å². The van der Waals surface area contributed by atoms with Gasteiger partial charge in [-0.25, -0.2) is 0 Å². The Kier molecular flexibility index (Phi) is 5.09. The molecule has 0 aliphatic carbocycles. The normalized spacial score (nSPS) is 15.4. The number of likely N-dealkylation sites (tertiary alicyclic amines) is 1. The van der Waals surface area contributed by atoms with E-state index in [1.165, 1.54) is 22.3 Å². The third kappa shape index (κ3) is 3.80. The molecule has 0 amide bonds. The highest BCUT2D eigenvalue weighted by molar-refractivity contribution is 5.82. The average molecular weight is 303 g/mol. The highest BCUT2D eigenvalue weighted by Crippen LogP contribution is 2.32. The maximum absolute atomic E-state index is 3.86. The number of hydrogen-bond acceptors (Lipinski definition) is 1. The van der Waals surface area contributed by atoms with Crippen LogP contribution in [0.15, 0.2) is 72.8 Å². The van der Waals surface area contributed by atoms with E-state index < -0.39 is 0 Å². The molecule has 1 fully saturated rings. The number of hydrogen-bond donors (Lipinski definition) is 0. The zero-order chi connectivity index (χ0) is 16.1. The molecule has 0 saturated carbocycles. The standard InChI is InChI=1S/C22H25N/c1-3-15-23-16-13-21(14-17-23)22(19-7-5-4-6-8-19)20-11-9-18(2)10-12-20/h3-12H,1,13-17H2,2H3. The van der Waals surface area contributed by atoms with E-state index in [2.05, 4.69) is 73.0 Å². The zero-order valence-electron chi connectivity index (χ0n) is 14.0. The third-order valence-corrected chi connectivity index (χ3v) is 4.60. The van der Waals surface area contributed by atoms with Gasteiger partial charge in [-0.05, 0) is 36.5 Å². The fraction of sp³-hybridized carbons (Fsp3) is 0.273. The minimum atomic E-state index is 0.998. The van der Waals surface area contributed by atoms with Crippen molar-refractivity contribution in [2.45, 2.75) is 19.8 Å². The zero-order valence-corrected chi connectivity index (χ0v) is 14.0. The van der Waals surface area contributed by atoms with E-state index in [0.717, 1.165) is 32.5 Å². The molecule has 0 unspecified atom stereocenters. The molecule has 2 aromatic carbocycles. The van der Waals surface area contributed by atoms with Crippen molar-refractivity contribution in [3.05, 3.63) is 89.5 Å². The fourth-order valence-electron chi connectivity index (χ4n) is 3.34. The van der Waals surface area contributed by atoms with Crippen LogP contribution >= 0.6 is 0 Å². The summed E-state index contributed by atoms with van der Waals surface area (Å²) in [6, 6.07) is 19.8. The molecule has 1 heterocycles. The lowest BCUT2D eigenvalue weighted by Gasteiger charge is -2.29.